The molecule has 0 fully saturated rings. The summed E-state index contributed by atoms with van der Waals surface area (Å²) in [5, 5.41) is 14.4. The van der Waals surface area contributed by atoms with Gasteiger partial charge < -0.3 is 10.6 Å². The van der Waals surface area contributed by atoms with Gasteiger partial charge in [0.25, 0.3) is 0 Å². The van der Waals surface area contributed by atoms with Crippen LogP contribution >= 0.6 is 0 Å². The van der Waals surface area contributed by atoms with Crippen LogP contribution in [0.4, 0.5) is 11.4 Å². The van der Waals surface area contributed by atoms with E-state index in [0.717, 1.165) is 16.8 Å². The first-order valence-corrected chi connectivity index (χ1v) is 9.04. The molecule has 2 amide bonds. The van der Waals surface area contributed by atoms with Gasteiger partial charge in [-0.25, -0.2) is 0 Å². The highest BCUT2D eigenvalue weighted by Crippen LogP contribution is 2.32. The van der Waals surface area contributed by atoms with Gasteiger partial charge in [0.2, 0.25) is 11.8 Å². The van der Waals surface area contributed by atoms with Gasteiger partial charge >= 0.3 is 0 Å². The quantitative estimate of drug-likeness (QED) is 0.725. The molecule has 5 heteroatoms. The number of carbonyl (C=O) groups excluding carboxylic acids is 2. The Hall–Kier alpha value is -3.13. The number of anilines is 2. The molecule has 2 N–H and O–H groups in total. The highest BCUT2D eigenvalue weighted by Gasteiger charge is 2.17. The van der Waals surface area contributed by atoms with E-state index in [2.05, 4.69) is 38.3 Å². The van der Waals surface area contributed by atoms with Crippen LogP contribution in [0.2, 0.25) is 0 Å². The van der Waals surface area contributed by atoms with Crippen LogP contribution in [0, 0.1) is 11.3 Å². The second-order valence-electron chi connectivity index (χ2n) is 7.08. The fraction of sp³-hybridized carbons (Fsp3) is 0.318. The molecule has 0 aliphatic carbocycles. The van der Waals surface area contributed by atoms with Gasteiger partial charge in [-0.1, -0.05) is 45.9 Å². The molecule has 140 valence electrons. The molecule has 0 radical (unpaired) electrons. The third-order valence-corrected chi connectivity index (χ3v) is 4.26. The predicted molar refractivity (Wildman–Crippen MR) is 108 cm³/mol. The summed E-state index contributed by atoms with van der Waals surface area (Å²) in [5.41, 5.74) is 3.98. The molecule has 0 atom stereocenters. The number of hydrogen-bond donors (Lipinski definition) is 2. The highest BCUT2D eigenvalue weighted by molar-refractivity contribution is 6.08. The van der Waals surface area contributed by atoms with Crippen LogP contribution in [0.5, 0.6) is 0 Å². The number of nitrogens with one attached hydrogen (secondary N) is 2. The SMILES string of the molecule is CC(C)c1cccc(C(C)C)c1NC(=O)CC(=O)Nc1ccc(C#N)cc1. The number of nitrogens with zero attached hydrogens (tertiary/aromatic N) is 1. The zero-order chi connectivity index (χ0) is 20.0. The van der Waals surface area contributed by atoms with Gasteiger partial charge in [0, 0.05) is 11.4 Å². The molecule has 27 heavy (non-hydrogen) atoms. The van der Waals surface area contributed by atoms with Crippen molar-refractivity contribution >= 4 is 23.2 Å². The summed E-state index contributed by atoms with van der Waals surface area (Å²) in [7, 11) is 0. The van der Waals surface area contributed by atoms with Gasteiger partial charge in [0.1, 0.15) is 6.42 Å². The van der Waals surface area contributed by atoms with E-state index in [0.29, 0.717) is 11.3 Å². The Morgan fingerprint density at radius 1 is 0.889 bits per heavy atom. The van der Waals surface area contributed by atoms with Gasteiger partial charge in [0.15, 0.2) is 0 Å². The normalized spacial score (nSPS) is 10.6. The molecular weight excluding hydrogens is 338 g/mol. The summed E-state index contributed by atoms with van der Waals surface area (Å²) in [6, 6.07) is 14.5. The molecule has 0 bridgehead atoms. The van der Waals surface area contributed by atoms with Gasteiger partial charge in [-0.15, -0.1) is 0 Å². The molecular formula is C22H25N3O2. The molecule has 0 aromatic heterocycles. The largest absolute Gasteiger partial charge is 0.326 e. The van der Waals surface area contributed by atoms with Crippen molar-refractivity contribution in [1.82, 2.24) is 0 Å². The highest BCUT2D eigenvalue weighted by atomic mass is 16.2. The molecule has 5 nitrogen and oxygen atoms in total. The molecule has 0 saturated carbocycles. The Labute approximate surface area is 160 Å². The number of hydrogen-bond acceptors (Lipinski definition) is 3. The lowest BCUT2D eigenvalue weighted by atomic mass is 9.92. The Morgan fingerprint density at radius 3 is 1.89 bits per heavy atom. The lowest BCUT2D eigenvalue weighted by molar-refractivity contribution is -0.123. The van der Waals surface area contributed by atoms with E-state index in [1.807, 2.05) is 24.3 Å². The van der Waals surface area contributed by atoms with E-state index in [1.165, 1.54) is 0 Å². The van der Waals surface area contributed by atoms with Gasteiger partial charge in [0.05, 0.1) is 11.6 Å². The van der Waals surface area contributed by atoms with Crippen LogP contribution in [0.3, 0.4) is 0 Å². The Bertz CT molecular complexity index is 836. The van der Waals surface area contributed by atoms with Gasteiger partial charge in [-0.3, -0.25) is 9.59 Å². The molecule has 2 aromatic carbocycles. The molecule has 0 heterocycles. The monoisotopic (exact) mass is 363 g/mol. The molecule has 0 saturated heterocycles. The first-order chi connectivity index (χ1) is 12.8. The smallest absolute Gasteiger partial charge is 0.233 e. The average molecular weight is 363 g/mol. The number of rotatable bonds is 6. The van der Waals surface area contributed by atoms with Crippen molar-refractivity contribution in [2.75, 3.05) is 10.6 Å². The number of benzene rings is 2. The topological polar surface area (TPSA) is 82.0 Å². The summed E-state index contributed by atoms with van der Waals surface area (Å²) in [5.74, 6) is -0.237. The van der Waals surface area contributed by atoms with Crippen LogP contribution in [0.15, 0.2) is 42.5 Å². The first kappa shape index (κ1) is 20.2. The number of amides is 2. The lowest BCUT2D eigenvalue weighted by Gasteiger charge is -2.20. The Kier molecular flexibility index (Phi) is 6.73. The van der Waals surface area contributed by atoms with Gasteiger partial charge in [-0.05, 0) is 47.2 Å². The zero-order valence-electron chi connectivity index (χ0n) is 16.2. The van der Waals surface area contributed by atoms with E-state index in [-0.39, 0.29) is 24.2 Å². The maximum absolute atomic E-state index is 12.4. The summed E-state index contributed by atoms with van der Waals surface area (Å²) >= 11 is 0. The second-order valence-corrected chi connectivity index (χ2v) is 7.08. The van der Waals surface area contributed by atoms with Crippen LogP contribution in [0.25, 0.3) is 0 Å². The third kappa shape index (κ3) is 5.42. The summed E-state index contributed by atoms with van der Waals surface area (Å²) in [4.78, 5) is 24.6. The average Bonchev–Trinajstić information content (AvgIpc) is 2.61. The molecule has 2 aromatic rings. The molecule has 0 aliphatic rings. The minimum atomic E-state index is -0.398. The summed E-state index contributed by atoms with van der Waals surface area (Å²) in [6.07, 6.45) is -0.274. The van der Waals surface area contributed by atoms with Crippen LogP contribution in [-0.4, -0.2) is 11.8 Å². The third-order valence-electron chi connectivity index (χ3n) is 4.26. The minimum Gasteiger partial charge on any atom is -0.326 e. The predicted octanol–water partition coefficient (Wildman–Crippen LogP) is 4.77. The van der Waals surface area contributed by atoms with Crippen molar-refractivity contribution in [3.05, 3.63) is 59.2 Å². The van der Waals surface area contributed by atoms with Gasteiger partial charge in [-0.2, -0.15) is 5.26 Å². The standard InChI is InChI=1S/C22H25N3O2/c1-14(2)18-6-5-7-19(15(3)4)22(18)25-21(27)12-20(26)24-17-10-8-16(13-23)9-11-17/h5-11,14-15H,12H2,1-4H3,(H,24,26)(H,25,27). The molecule has 0 unspecified atom stereocenters. The Balaban J connectivity index is 2.08. The summed E-state index contributed by atoms with van der Waals surface area (Å²) < 4.78 is 0. The number of carbonyl (C=O) groups is 2. The maximum atomic E-state index is 12.4. The Morgan fingerprint density at radius 2 is 1.41 bits per heavy atom. The van der Waals surface area contributed by atoms with E-state index >= 15 is 0 Å². The molecule has 0 aliphatic heterocycles. The van der Waals surface area contributed by atoms with Crippen LogP contribution in [-0.2, 0) is 9.59 Å². The fourth-order valence-electron chi connectivity index (χ4n) is 2.86. The van der Waals surface area contributed by atoms with Crippen LogP contribution in [0.1, 0.15) is 62.6 Å². The summed E-state index contributed by atoms with van der Waals surface area (Å²) in [6.45, 7) is 8.30. The lowest BCUT2D eigenvalue weighted by Crippen LogP contribution is -2.22. The van der Waals surface area contributed by atoms with E-state index in [4.69, 9.17) is 5.26 Å². The minimum absolute atomic E-state index is 0.256. The van der Waals surface area contributed by atoms with Crippen molar-refractivity contribution in [3.63, 3.8) is 0 Å². The van der Waals surface area contributed by atoms with E-state index < -0.39 is 5.91 Å². The molecule has 0 spiro atoms. The first-order valence-electron chi connectivity index (χ1n) is 9.04. The van der Waals surface area contributed by atoms with Crippen molar-refractivity contribution in [1.29, 1.82) is 5.26 Å². The number of para-hydroxylation sites is 1. The van der Waals surface area contributed by atoms with E-state index in [1.54, 1.807) is 24.3 Å². The van der Waals surface area contributed by atoms with Crippen molar-refractivity contribution in [2.45, 2.75) is 46.0 Å². The maximum Gasteiger partial charge on any atom is 0.233 e. The molecule has 2 rings (SSSR count). The van der Waals surface area contributed by atoms with E-state index in [9.17, 15) is 9.59 Å². The second kappa shape index (κ2) is 9.00. The fourth-order valence-corrected chi connectivity index (χ4v) is 2.86. The van der Waals surface area contributed by atoms with Crippen molar-refractivity contribution in [3.8, 4) is 6.07 Å². The van der Waals surface area contributed by atoms with Crippen molar-refractivity contribution in [2.24, 2.45) is 0 Å². The number of nitriles is 1. The zero-order valence-corrected chi connectivity index (χ0v) is 16.2. The van der Waals surface area contributed by atoms with Crippen LogP contribution < -0.4 is 10.6 Å². The van der Waals surface area contributed by atoms with Crippen molar-refractivity contribution < 1.29 is 9.59 Å².